The van der Waals surface area contributed by atoms with Crippen molar-refractivity contribution >= 4 is 34.8 Å². The van der Waals surface area contributed by atoms with Crippen LogP contribution in [0.5, 0.6) is 5.75 Å². The van der Waals surface area contributed by atoms with Crippen LogP contribution in [0.3, 0.4) is 0 Å². The molecule has 0 unspecified atom stereocenters. The van der Waals surface area contributed by atoms with Crippen molar-refractivity contribution in [1.82, 2.24) is 10.2 Å². The van der Waals surface area contributed by atoms with Crippen molar-refractivity contribution in [3.8, 4) is 5.75 Å². The zero-order chi connectivity index (χ0) is 19.6. The van der Waals surface area contributed by atoms with Gasteiger partial charge >= 0.3 is 0 Å². The van der Waals surface area contributed by atoms with E-state index in [1.54, 1.807) is 37.1 Å². The number of anilines is 1. The van der Waals surface area contributed by atoms with E-state index in [1.165, 1.54) is 0 Å². The van der Waals surface area contributed by atoms with Gasteiger partial charge in [0.05, 0.1) is 24.9 Å². The molecule has 5 nitrogen and oxygen atoms in total. The predicted molar refractivity (Wildman–Crippen MR) is 108 cm³/mol. The first-order chi connectivity index (χ1) is 12.9. The number of aromatic nitrogens is 2. The molecule has 0 aliphatic heterocycles. The monoisotopic (exact) mass is 403 g/mol. The topological polar surface area (TPSA) is 58.2 Å². The average molecular weight is 404 g/mol. The summed E-state index contributed by atoms with van der Waals surface area (Å²) in [6.07, 6.45) is 0. The fourth-order valence-electron chi connectivity index (χ4n) is 2.98. The van der Waals surface area contributed by atoms with Gasteiger partial charge in [0.1, 0.15) is 5.75 Å². The van der Waals surface area contributed by atoms with E-state index in [2.05, 4.69) is 10.2 Å². The highest BCUT2D eigenvalue weighted by molar-refractivity contribution is 6.35. The molecule has 27 heavy (non-hydrogen) atoms. The highest BCUT2D eigenvalue weighted by Gasteiger charge is 2.25. The van der Waals surface area contributed by atoms with Crippen LogP contribution in [0.1, 0.15) is 27.3 Å². The molecule has 1 amide bonds. The number of benzene rings is 2. The lowest BCUT2D eigenvalue weighted by molar-refractivity contribution is 0.0984. The Kier molecular flexibility index (Phi) is 5.73. The SMILES string of the molecule is COc1ccccc1CN(C(=O)c1c(C)n[nH]c1C)c1cc(Cl)cc(Cl)c1. The van der Waals surface area contributed by atoms with E-state index < -0.39 is 0 Å². The quantitative estimate of drug-likeness (QED) is 0.637. The first-order valence-electron chi connectivity index (χ1n) is 8.32. The van der Waals surface area contributed by atoms with Gasteiger partial charge in [0, 0.05) is 27.0 Å². The molecule has 1 heterocycles. The number of halogens is 2. The van der Waals surface area contributed by atoms with Gasteiger partial charge in [0.2, 0.25) is 0 Å². The van der Waals surface area contributed by atoms with Crippen molar-refractivity contribution in [3.05, 3.63) is 75.0 Å². The fraction of sp³-hybridized carbons (Fsp3) is 0.200. The van der Waals surface area contributed by atoms with Crippen molar-refractivity contribution in [2.24, 2.45) is 0 Å². The van der Waals surface area contributed by atoms with E-state index in [4.69, 9.17) is 27.9 Å². The summed E-state index contributed by atoms with van der Waals surface area (Å²) in [5, 5.41) is 7.91. The summed E-state index contributed by atoms with van der Waals surface area (Å²) < 4.78 is 5.44. The van der Waals surface area contributed by atoms with Gasteiger partial charge in [-0.1, -0.05) is 41.4 Å². The molecule has 3 aromatic rings. The van der Waals surface area contributed by atoms with Crippen LogP contribution in [0.25, 0.3) is 0 Å². The number of amides is 1. The molecule has 2 aromatic carbocycles. The van der Waals surface area contributed by atoms with E-state index in [1.807, 2.05) is 31.2 Å². The third kappa shape index (κ3) is 4.10. The second-order valence-electron chi connectivity index (χ2n) is 6.14. The van der Waals surface area contributed by atoms with Gasteiger partial charge in [-0.25, -0.2) is 0 Å². The van der Waals surface area contributed by atoms with Crippen LogP contribution in [0, 0.1) is 13.8 Å². The minimum Gasteiger partial charge on any atom is -0.496 e. The van der Waals surface area contributed by atoms with E-state index in [0.29, 0.717) is 45.0 Å². The number of hydrogen-bond donors (Lipinski definition) is 1. The summed E-state index contributed by atoms with van der Waals surface area (Å²) in [7, 11) is 1.60. The Morgan fingerprint density at radius 2 is 1.81 bits per heavy atom. The van der Waals surface area contributed by atoms with Crippen LogP contribution in [-0.2, 0) is 6.54 Å². The third-order valence-electron chi connectivity index (χ3n) is 4.27. The second-order valence-corrected chi connectivity index (χ2v) is 7.01. The minimum atomic E-state index is -0.192. The zero-order valence-corrected chi connectivity index (χ0v) is 16.7. The van der Waals surface area contributed by atoms with E-state index >= 15 is 0 Å². The molecular weight excluding hydrogens is 385 g/mol. The molecule has 140 valence electrons. The van der Waals surface area contributed by atoms with Crippen LogP contribution in [-0.4, -0.2) is 23.2 Å². The molecule has 0 atom stereocenters. The Labute approximate surface area is 167 Å². The molecule has 7 heteroatoms. The number of carbonyl (C=O) groups is 1. The molecule has 0 saturated heterocycles. The highest BCUT2D eigenvalue weighted by Crippen LogP contribution is 2.30. The fourth-order valence-corrected chi connectivity index (χ4v) is 3.49. The van der Waals surface area contributed by atoms with Crippen LogP contribution < -0.4 is 9.64 Å². The average Bonchev–Trinajstić information content (AvgIpc) is 2.97. The highest BCUT2D eigenvalue weighted by atomic mass is 35.5. The van der Waals surface area contributed by atoms with E-state index in [-0.39, 0.29) is 5.91 Å². The van der Waals surface area contributed by atoms with Crippen molar-refractivity contribution in [3.63, 3.8) is 0 Å². The van der Waals surface area contributed by atoms with Crippen molar-refractivity contribution in [1.29, 1.82) is 0 Å². The summed E-state index contributed by atoms with van der Waals surface area (Å²) in [5.74, 6) is 0.507. The molecule has 0 spiro atoms. The number of aryl methyl sites for hydroxylation is 2. The number of nitrogens with one attached hydrogen (secondary N) is 1. The van der Waals surface area contributed by atoms with Gasteiger partial charge in [0.15, 0.2) is 0 Å². The number of H-pyrrole nitrogens is 1. The third-order valence-corrected chi connectivity index (χ3v) is 4.70. The molecule has 0 saturated carbocycles. The molecule has 3 rings (SSSR count). The molecule has 1 N–H and O–H groups in total. The van der Waals surface area contributed by atoms with Crippen molar-refractivity contribution in [2.75, 3.05) is 12.0 Å². The van der Waals surface area contributed by atoms with Crippen LogP contribution in [0.4, 0.5) is 5.69 Å². The summed E-state index contributed by atoms with van der Waals surface area (Å²) in [5.41, 5.74) is 3.33. The maximum Gasteiger partial charge on any atom is 0.262 e. The number of nitrogens with zero attached hydrogens (tertiary/aromatic N) is 2. The summed E-state index contributed by atoms with van der Waals surface area (Å²) >= 11 is 12.4. The number of ether oxygens (including phenoxy) is 1. The normalized spacial score (nSPS) is 10.7. The first kappa shape index (κ1) is 19.3. The molecule has 0 aliphatic carbocycles. The summed E-state index contributed by atoms with van der Waals surface area (Å²) in [4.78, 5) is 15.0. The van der Waals surface area contributed by atoms with E-state index in [9.17, 15) is 4.79 Å². The lowest BCUT2D eigenvalue weighted by atomic mass is 10.1. The number of carbonyl (C=O) groups excluding carboxylic acids is 1. The number of methoxy groups -OCH3 is 1. The Morgan fingerprint density at radius 3 is 2.41 bits per heavy atom. The molecular formula is C20H19Cl2N3O2. The molecule has 0 aliphatic rings. The van der Waals surface area contributed by atoms with Gasteiger partial charge < -0.3 is 9.64 Å². The maximum absolute atomic E-state index is 13.4. The Bertz CT molecular complexity index is 945. The summed E-state index contributed by atoms with van der Waals surface area (Å²) in [6.45, 7) is 3.91. The van der Waals surface area contributed by atoms with Crippen LogP contribution in [0.15, 0.2) is 42.5 Å². The van der Waals surface area contributed by atoms with Crippen LogP contribution in [0.2, 0.25) is 10.0 Å². The Morgan fingerprint density at radius 1 is 1.15 bits per heavy atom. The minimum absolute atomic E-state index is 0.192. The summed E-state index contributed by atoms with van der Waals surface area (Å²) in [6, 6.07) is 12.6. The number of aromatic amines is 1. The molecule has 1 aromatic heterocycles. The van der Waals surface area contributed by atoms with Gasteiger partial charge in [-0.2, -0.15) is 5.10 Å². The Hall–Kier alpha value is -2.50. The molecule has 0 radical (unpaired) electrons. The first-order valence-corrected chi connectivity index (χ1v) is 9.07. The lowest BCUT2D eigenvalue weighted by Crippen LogP contribution is -2.31. The molecule has 0 bridgehead atoms. The van der Waals surface area contributed by atoms with E-state index in [0.717, 1.165) is 5.56 Å². The maximum atomic E-state index is 13.4. The van der Waals surface area contributed by atoms with Gasteiger partial charge in [-0.05, 0) is 38.1 Å². The number of para-hydroxylation sites is 1. The standard InChI is InChI=1S/C20H19Cl2N3O2/c1-12-19(13(2)24-23-12)20(26)25(17-9-15(21)8-16(22)10-17)11-14-6-4-5-7-18(14)27-3/h4-10H,11H2,1-3H3,(H,23,24). The van der Waals surface area contributed by atoms with Gasteiger partial charge in [-0.3, -0.25) is 9.89 Å². The van der Waals surface area contributed by atoms with Crippen molar-refractivity contribution < 1.29 is 9.53 Å². The predicted octanol–water partition coefficient (Wildman–Crippen LogP) is 5.19. The van der Waals surface area contributed by atoms with Gasteiger partial charge in [0.25, 0.3) is 5.91 Å². The molecule has 0 fully saturated rings. The Balaban J connectivity index is 2.10. The second kappa shape index (κ2) is 8.03. The van der Waals surface area contributed by atoms with Crippen molar-refractivity contribution in [2.45, 2.75) is 20.4 Å². The number of rotatable bonds is 5. The zero-order valence-electron chi connectivity index (χ0n) is 15.2. The largest absolute Gasteiger partial charge is 0.496 e. The number of hydrogen-bond acceptors (Lipinski definition) is 3. The van der Waals surface area contributed by atoms with Gasteiger partial charge in [-0.15, -0.1) is 0 Å². The lowest BCUT2D eigenvalue weighted by Gasteiger charge is -2.24. The smallest absolute Gasteiger partial charge is 0.262 e. The van der Waals surface area contributed by atoms with Crippen LogP contribution >= 0.6 is 23.2 Å².